The van der Waals surface area contributed by atoms with E-state index in [1.54, 1.807) is 25.5 Å². The lowest BCUT2D eigenvalue weighted by Crippen LogP contribution is -2.20. The summed E-state index contributed by atoms with van der Waals surface area (Å²) in [6.45, 7) is 0. The van der Waals surface area contributed by atoms with Crippen LogP contribution in [0.3, 0.4) is 0 Å². The van der Waals surface area contributed by atoms with E-state index in [-0.39, 0.29) is 6.04 Å². The quantitative estimate of drug-likeness (QED) is 0.855. The Kier molecular flexibility index (Phi) is 3.49. The average Bonchev–Trinajstić information content (AvgIpc) is 2.85. The number of aromatic amines is 1. The predicted molar refractivity (Wildman–Crippen MR) is 60.5 cm³/mol. The van der Waals surface area contributed by atoms with Crippen LogP contribution in [0.1, 0.15) is 17.4 Å². The molecule has 2 N–H and O–H groups in total. The maximum absolute atomic E-state index is 13.5. The van der Waals surface area contributed by atoms with Crippen molar-refractivity contribution < 1.29 is 8.78 Å². The van der Waals surface area contributed by atoms with Crippen LogP contribution in [-0.2, 0) is 6.42 Å². The SMILES string of the molecule is CNC(Cc1cccc(F)c1F)c1ncc[nH]1. The molecule has 0 bridgehead atoms. The molecule has 1 aromatic carbocycles. The van der Waals surface area contributed by atoms with Gasteiger partial charge in [0.2, 0.25) is 0 Å². The highest BCUT2D eigenvalue weighted by atomic mass is 19.2. The van der Waals surface area contributed by atoms with Gasteiger partial charge in [-0.25, -0.2) is 13.8 Å². The van der Waals surface area contributed by atoms with Crippen LogP contribution in [0, 0.1) is 11.6 Å². The van der Waals surface area contributed by atoms with Crippen molar-refractivity contribution in [3.05, 3.63) is 53.6 Å². The number of benzene rings is 1. The first-order valence-electron chi connectivity index (χ1n) is 5.31. The van der Waals surface area contributed by atoms with Crippen LogP contribution in [0.25, 0.3) is 0 Å². The number of aromatic nitrogens is 2. The summed E-state index contributed by atoms with van der Waals surface area (Å²) in [7, 11) is 1.75. The smallest absolute Gasteiger partial charge is 0.162 e. The summed E-state index contributed by atoms with van der Waals surface area (Å²) in [4.78, 5) is 7.05. The first-order chi connectivity index (χ1) is 8.22. The summed E-state index contributed by atoms with van der Waals surface area (Å²) in [6.07, 6.45) is 3.66. The van der Waals surface area contributed by atoms with Crippen molar-refractivity contribution in [2.75, 3.05) is 7.05 Å². The molecule has 5 heteroatoms. The Hall–Kier alpha value is -1.75. The second kappa shape index (κ2) is 5.05. The van der Waals surface area contributed by atoms with Gasteiger partial charge in [-0.3, -0.25) is 0 Å². The van der Waals surface area contributed by atoms with E-state index in [1.807, 2.05) is 0 Å². The molecule has 1 atom stereocenters. The van der Waals surface area contributed by atoms with Crippen molar-refractivity contribution in [3.8, 4) is 0 Å². The second-order valence-corrected chi connectivity index (χ2v) is 3.73. The molecule has 0 aliphatic carbocycles. The highest BCUT2D eigenvalue weighted by molar-refractivity contribution is 5.21. The minimum absolute atomic E-state index is 0.165. The molecular weight excluding hydrogens is 224 g/mol. The number of hydrogen-bond donors (Lipinski definition) is 2. The standard InChI is InChI=1S/C12H13F2N3/c1-15-10(12-16-5-6-17-12)7-8-3-2-4-9(13)11(8)14/h2-6,10,15H,7H2,1H3,(H,16,17). The lowest BCUT2D eigenvalue weighted by molar-refractivity contribution is 0.483. The van der Waals surface area contributed by atoms with Crippen LogP contribution >= 0.6 is 0 Å². The monoisotopic (exact) mass is 237 g/mol. The molecule has 0 saturated heterocycles. The van der Waals surface area contributed by atoms with E-state index in [2.05, 4.69) is 15.3 Å². The van der Waals surface area contributed by atoms with Crippen molar-refractivity contribution in [2.24, 2.45) is 0 Å². The zero-order valence-corrected chi connectivity index (χ0v) is 9.37. The summed E-state index contributed by atoms with van der Waals surface area (Å²) in [5.74, 6) is -0.910. The summed E-state index contributed by atoms with van der Waals surface area (Å²) in [5.41, 5.74) is 0.334. The van der Waals surface area contributed by atoms with Crippen LogP contribution in [0.5, 0.6) is 0 Å². The zero-order valence-electron chi connectivity index (χ0n) is 9.37. The van der Waals surface area contributed by atoms with Crippen molar-refractivity contribution in [1.82, 2.24) is 15.3 Å². The van der Waals surface area contributed by atoms with Crippen LogP contribution in [0.2, 0.25) is 0 Å². The van der Waals surface area contributed by atoms with Gasteiger partial charge in [-0.15, -0.1) is 0 Å². The molecule has 0 fully saturated rings. The lowest BCUT2D eigenvalue weighted by atomic mass is 10.0. The van der Waals surface area contributed by atoms with Crippen molar-refractivity contribution >= 4 is 0 Å². The second-order valence-electron chi connectivity index (χ2n) is 3.73. The summed E-state index contributed by atoms with van der Waals surface area (Å²) in [6, 6.07) is 4.02. The number of nitrogens with zero attached hydrogens (tertiary/aromatic N) is 1. The van der Waals surface area contributed by atoms with E-state index < -0.39 is 11.6 Å². The minimum Gasteiger partial charge on any atom is -0.347 e. The zero-order chi connectivity index (χ0) is 12.3. The third-order valence-corrected chi connectivity index (χ3v) is 2.65. The third kappa shape index (κ3) is 2.50. The minimum atomic E-state index is -0.822. The molecule has 1 unspecified atom stereocenters. The van der Waals surface area contributed by atoms with Gasteiger partial charge in [0.15, 0.2) is 11.6 Å². The number of nitrogens with one attached hydrogen (secondary N) is 2. The topological polar surface area (TPSA) is 40.7 Å². The Labute approximate surface area is 97.9 Å². The van der Waals surface area contributed by atoms with Crippen LogP contribution < -0.4 is 5.32 Å². The van der Waals surface area contributed by atoms with Gasteiger partial charge in [-0.05, 0) is 25.1 Å². The number of halogens is 2. The summed E-state index contributed by atoms with van der Waals surface area (Å²) >= 11 is 0. The van der Waals surface area contributed by atoms with E-state index in [4.69, 9.17) is 0 Å². The van der Waals surface area contributed by atoms with Gasteiger partial charge in [0, 0.05) is 12.4 Å². The summed E-state index contributed by atoms with van der Waals surface area (Å²) < 4.78 is 26.6. The van der Waals surface area contributed by atoms with Crippen LogP contribution in [-0.4, -0.2) is 17.0 Å². The molecule has 0 amide bonds. The average molecular weight is 237 g/mol. The molecule has 1 aromatic heterocycles. The molecule has 0 saturated carbocycles. The molecule has 3 nitrogen and oxygen atoms in total. The van der Waals surface area contributed by atoms with Crippen molar-refractivity contribution in [2.45, 2.75) is 12.5 Å². The molecule has 0 spiro atoms. The Morgan fingerprint density at radius 2 is 2.24 bits per heavy atom. The van der Waals surface area contributed by atoms with E-state index >= 15 is 0 Å². The highest BCUT2D eigenvalue weighted by Gasteiger charge is 2.16. The molecule has 0 aliphatic rings. The van der Waals surface area contributed by atoms with Gasteiger partial charge >= 0.3 is 0 Å². The molecule has 90 valence electrons. The fourth-order valence-corrected chi connectivity index (χ4v) is 1.73. The molecule has 2 rings (SSSR count). The van der Waals surface area contributed by atoms with Gasteiger partial charge in [0.25, 0.3) is 0 Å². The molecule has 2 aromatic rings. The van der Waals surface area contributed by atoms with Crippen molar-refractivity contribution in [3.63, 3.8) is 0 Å². The Morgan fingerprint density at radius 3 is 2.88 bits per heavy atom. The predicted octanol–water partition coefficient (Wildman–Crippen LogP) is 2.19. The van der Waals surface area contributed by atoms with Gasteiger partial charge in [-0.1, -0.05) is 12.1 Å². The first kappa shape index (κ1) is 11.7. The number of imidazole rings is 1. The van der Waals surface area contributed by atoms with Gasteiger partial charge in [0.1, 0.15) is 5.82 Å². The molecule has 0 radical (unpaired) electrons. The number of likely N-dealkylation sites (N-methyl/N-ethyl adjacent to an activating group) is 1. The molecule has 0 aliphatic heterocycles. The maximum atomic E-state index is 13.5. The lowest BCUT2D eigenvalue weighted by Gasteiger charge is -2.14. The van der Waals surface area contributed by atoms with E-state index in [1.165, 1.54) is 6.07 Å². The van der Waals surface area contributed by atoms with Crippen molar-refractivity contribution in [1.29, 1.82) is 0 Å². The third-order valence-electron chi connectivity index (χ3n) is 2.65. The van der Waals surface area contributed by atoms with E-state index in [0.717, 1.165) is 6.07 Å². The largest absolute Gasteiger partial charge is 0.347 e. The Bertz CT molecular complexity index is 483. The van der Waals surface area contributed by atoms with Crippen LogP contribution in [0.4, 0.5) is 8.78 Å². The molecular formula is C12H13F2N3. The van der Waals surface area contributed by atoms with Crippen LogP contribution in [0.15, 0.2) is 30.6 Å². The number of hydrogen-bond acceptors (Lipinski definition) is 2. The normalized spacial score (nSPS) is 12.6. The Balaban J connectivity index is 2.22. The van der Waals surface area contributed by atoms with Gasteiger partial charge in [-0.2, -0.15) is 0 Å². The van der Waals surface area contributed by atoms with Gasteiger partial charge < -0.3 is 10.3 Å². The summed E-state index contributed by atoms with van der Waals surface area (Å²) in [5, 5.41) is 3.02. The molecule has 1 heterocycles. The number of rotatable bonds is 4. The number of H-pyrrole nitrogens is 1. The first-order valence-corrected chi connectivity index (χ1v) is 5.31. The highest BCUT2D eigenvalue weighted by Crippen LogP contribution is 2.18. The maximum Gasteiger partial charge on any atom is 0.162 e. The van der Waals surface area contributed by atoms with Gasteiger partial charge in [0.05, 0.1) is 6.04 Å². The fraction of sp³-hybridized carbons (Fsp3) is 0.250. The van der Waals surface area contributed by atoms with E-state index in [0.29, 0.717) is 17.8 Å². The fourth-order valence-electron chi connectivity index (χ4n) is 1.73. The van der Waals surface area contributed by atoms with E-state index in [9.17, 15) is 8.78 Å². The Morgan fingerprint density at radius 1 is 1.41 bits per heavy atom. The molecule has 17 heavy (non-hydrogen) atoms.